The maximum absolute atomic E-state index is 14.8. The van der Waals surface area contributed by atoms with Gasteiger partial charge in [-0.1, -0.05) is 137 Å². The van der Waals surface area contributed by atoms with Gasteiger partial charge in [0.15, 0.2) is 0 Å². The van der Waals surface area contributed by atoms with Crippen LogP contribution in [0.25, 0.3) is 0 Å². The molecular weight excluding hydrogens is 727 g/mol. The third kappa shape index (κ3) is 11.5. The lowest BCUT2D eigenvalue weighted by molar-refractivity contribution is 0.203. The third-order valence-corrected chi connectivity index (χ3v) is 10.6. The maximum atomic E-state index is 14.8. The average molecular weight is 802 g/mol. The Morgan fingerprint density at radius 2 is 0.879 bits per heavy atom. The van der Waals surface area contributed by atoms with Gasteiger partial charge in [-0.05, 0) is 115 Å². The van der Waals surface area contributed by atoms with Gasteiger partial charge >= 0.3 is 17.1 Å². The first-order valence-corrected chi connectivity index (χ1v) is 20.7. The molecule has 0 saturated heterocycles. The molecule has 0 bridgehead atoms. The highest BCUT2D eigenvalue weighted by Gasteiger charge is 2.30. The number of rotatable bonds is 9. The minimum absolute atomic E-state index is 0.113. The molecule has 322 valence electrons. The number of aliphatic hydroxyl groups is 1. The molecule has 3 rings (SSSR count). The molecule has 3 N–H and O–H groups in total. The Balaban J connectivity index is 2.54. The van der Waals surface area contributed by atoms with Crippen LogP contribution < -0.4 is 17.1 Å². The van der Waals surface area contributed by atoms with Gasteiger partial charge in [0.2, 0.25) is 0 Å². The van der Waals surface area contributed by atoms with Gasteiger partial charge in [-0.2, -0.15) is 0 Å². The summed E-state index contributed by atoms with van der Waals surface area (Å²) in [5.41, 5.74) is 0.860. The molecule has 0 amide bonds. The second kappa shape index (κ2) is 16.5. The SMILES string of the molecule is CC(O)/C(=C\C(=C/CC(C)(C)C)Cn1c(=O)n(Cc2cc(C(C)(C)C)c(O)c(C(C)(C)C)c2)c(=O)n(Cc2cc(C(C)(C)C)c(O)c(C(C)(C)C)c2)c1=O)C(C)(C)C. The monoisotopic (exact) mass is 802 g/mol. The van der Waals surface area contributed by atoms with Crippen LogP contribution in [0, 0.1) is 10.8 Å². The number of aromatic hydroxyl groups is 2. The van der Waals surface area contributed by atoms with Crippen LogP contribution in [0.3, 0.4) is 0 Å². The number of benzene rings is 2. The molecule has 0 radical (unpaired) electrons. The number of nitrogens with zero attached hydrogens (tertiary/aromatic N) is 3. The molecule has 0 spiro atoms. The van der Waals surface area contributed by atoms with Crippen molar-refractivity contribution >= 4 is 0 Å². The highest BCUT2D eigenvalue weighted by Crippen LogP contribution is 2.41. The van der Waals surface area contributed by atoms with E-state index in [1.54, 1.807) is 6.92 Å². The molecule has 0 aliphatic rings. The molecule has 0 fully saturated rings. The summed E-state index contributed by atoms with van der Waals surface area (Å²) < 4.78 is 3.36. The van der Waals surface area contributed by atoms with E-state index in [1.807, 2.05) is 140 Å². The highest BCUT2D eigenvalue weighted by atomic mass is 16.3. The van der Waals surface area contributed by atoms with E-state index in [4.69, 9.17) is 0 Å². The van der Waals surface area contributed by atoms with Crippen molar-refractivity contribution in [3.05, 3.63) is 112 Å². The van der Waals surface area contributed by atoms with Crippen LogP contribution in [-0.2, 0) is 41.3 Å². The van der Waals surface area contributed by atoms with E-state index in [9.17, 15) is 29.7 Å². The van der Waals surface area contributed by atoms with Gasteiger partial charge in [0.1, 0.15) is 11.5 Å². The van der Waals surface area contributed by atoms with Crippen LogP contribution in [-0.4, -0.2) is 35.1 Å². The predicted molar refractivity (Wildman–Crippen MR) is 240 cm³/mol. The molecule has 9 nitrogen and oxygen atoms in total. The van der Waals surface area contributed by atoms with Crippen LogP contribution in [0.15, 0.2) is 61.9 Å². The molecule has 9 heteroatoms. The van der Waals surface area contributed by atoms with Crippen molar-refractivity contribution in [3.8, 4) is 11.5 Å². The number of aliphatic hydroxyl groups excluding tert-OH is 1. The highest BCUT2D eigenvalue weighted by molar-refractivity contribution is 5.51. The Hall–Kier alpha value is -4.11. The normalized spacial score (nSPS) is 14.6. The summed E-state index contributed by atoms with van der Waals surface area (Å²) in [5, 5.41) is 33.8. The number of allylic oxidation sites excluding steroid dienone is 3. The van der Waals surface area contributed by atoms with E-state index in [0.29, 0.717) is 45.4 Å². The van der Waals surface area contributed by atoms with Gasteiger partial charge in [0.25, 0.3) is 0 Å². The Labute approximate surface area is 348 Å². The second-order valence-electron chi connectivity index (χ2n) is 22.8. The van der Waals surface area contributed by atoms with Crippen LogP contribution in [0.2, 0.25) is 0 Å². The van der Waals surface area contributed by atoms with E-state index in [-0.39, 0.29) is 36.5 Å². The van der Waals surface area contributed by atoms with Crippen molar-refractivity contribution in [2.75, 3.05) is 0 Å². The van der Waals surface area contributed by atoms with Gasteiger partial charge in [-0.3, -0.25) is 0 Å². The molecule has 58 heavy (non-hydrogen) atoms. The number of hydrogen-bond acceptors (Lipinski definition) is 6. The molecule has 0 saturated carbocycles. The first-order valence-electron chi connectivity index (χ1n) is 20.7. The molecule has 1 heterocycles. The van der Waals surface area contributed by atoms with Gasteiger partial charge < -0.3 is 15.3 Å². The Kier molecular flexibility index (Phi) is 13.7. The van der Waals surface area contributed by atoms with Gasteiger partial charge in [0.05, 0.1) is 25.7 Å². The maximum Gasteiger partial charge on any atom is 0.336 e. The van der Waals surface area contributed by atoms with Gasteiger partial charge in [-0.25, -0.2) is 28.1 Å². The quantitative estimate of drug-likeness (QED) is 0.185. The van der Waals surface area contributed by atoms with Crippen LogP contribution in [0.1, 0.15) is 171 Å². The van der Waals surface area contributed by atoms with Crippen LogP contribution in [0.5, 0.6) is 11.5 Å². The standard InChI is InChI=1S/C49H75N3O6/c1-30(53)34(45(5,6)7)22-31(20-21-44(2,3)4)27-50-41(56)51(28-32-23-35(46(8,9)10)39(54)36(24-32)47(11,12)13)43(58)52(42(50)57)29-33-25-37(48(14,15)16)40(55)38(26-33)49(17,18)19/h20,22-26,30,53-55H,21,27-29H2,1-19H3/b31-20+,34-22+. The molecular formula is C49H75N3O6. The number of aromatic nitrogens is 3. The Morgan fingerprint density at radius 1 is 0.569 bits per heavy atom. The summed E-state index contributed by atoms with van der Waals surface area (Å²) in [6.45, 7) is 37.7. The number of phenols is 2. The van der Waals surface area contributed by atoms with Crippen molar-refractivity contribution in [1.29, 1.82) is 0 Å². The van der Waals surface area contributed by atoms with Crippen LogP contribution >= 0.6 is 0 Å². The second-order valence-corrected chi connectivity index (χ2v) is 22.8. The van der Waals surface area contributed by atoms with E-state index in [0.717, 1.165) is 19.3 Å². The van der Waals surface area contributed by atoms with Gasteiger partial charge in [-0.15, -0.1) is 0 Å². The largest absolute Gasteiger partial charge is 0.507 e. The Bertz CT molecular complexity index is 2040. The predicted octanol–water partition coefficient (Wildman–Crippen LogP) is 9.59. The smallest absolute Gasteiger partial charge is 0.336 e. The summed E-state index contributed by atoms with van der Waals surface area (Å²) in [4.78, 5) is 44.2. The van der Waals surface area contributed by atoms with Crippen molar-refractivity contribution < 1.29 is 15.3 Å². The summed E-state index contributed by atoms with van der Waals surface area (Å²) in [5.74, 6) is 0.367. The summed E-state index contributed by atoms with van der Waals surface area (Å²) >= 11 is 0. The average Bonchev–Trinajstić information content (AvgIpc) is 3.02. The zero-order chi connectivity index (χ0) is 44.9. The summed E-state index contributed by atoms with van der Waals surface area (Å²) in [7, 11) is 0. The Morgan fingerprint density at radius 3 is 1.14 bits per heavy atom. The molecule has 1 atom stereocenters. The zero-order valence-electron chi connectivity index (χ0n) is 39.3. The van der Waals surface area contributed by atoms with E-state index in [1.165, 1.54) is 0 Å². The van der Waals surface area contributed by atoms with E-state index < -0.39 is 50.2 Å². The lowest BCUT2D eigenvalue weighted by Crippen LogP contribution is -2.55. The van der Waals surface area contributed by atoms with Crippen LogP contribution in [0.4, 0.5) is 0 Å². The summed E-state index contributed by atoms with van der Waals surface area (Å²) in [6.07, 6.45) is 3.75. The molecule has 0 aliphatic heterocycles. The molecule has 0 aliphatic carbocycles. The first-order chi connectivity index (χ1) is 25.9. The van der Waals surface area contributed by atoms with Crippen molar-refractivity contribution in [2.24, 2.45) is 10.8 Å². The molecule has 3 aromatic rings. The minimum atomic E-state index is -0.785. The minimum Gasteiger partial charge on any atom is -0.507 e. The fourth-order valence-electron chi connectivity index (χ4n) is 7.26. The third-order valence-electron chi connectivity index (χ3n) is 10.6. The fraction of sp³-hybridized carbons (Fsp3) is 0.612. The topological polar surface area (TPSA) is 127 Å². The van der Waals surface area contributed by atoms with Crippen molar-refractivity contribution in [3.63, 3.8) is 0 Å². The zero-order valence-corrected chi connectivity index (χ0v) is 39.3. The first kappa shape index (κ1) is 48.3. The number of phenolic OH excluding ortho intramolecular Hbond substituents is 2. The molecule has 1 unspecified atom stereocenters. The molecule has 1 aromatic heterocycles. The van der Waals surface area contributed by atoms with Crippen molar-refractivity contribution in [2.45, 2.75) is 185 Å². The lowest BCUT2D eigenvalue weighted by atomic mass is 9.78. The fourth-order valence-corrected chi connectivity index (χ4v) is 7.26. The number of hydrogen-bond donors (Lipinski definition) is 3. The van der Waals surface area contributed by atoms with Gasteiger partial charge in [0, 0.05) is 0 Å². The van der Waals surface area contributed by atoms with Crippen molar-refractivity contribution in [1.82, 2.24) is 13.7 Å². The summed E-state index contributed by atoms with van der Waals surface area (Å²) in [6, 6.07) is 7.38. The molecule has 2 aromatic carbocycles. The van der Waals surface area contributed by atoms with E-state index in [2.05, 4.69) is 20.8 Å². The van der Waals surface area contributed by atoms with E-state index >= 15 is 0 Å². The lowest BCUT2D eigenvalue weighted by Gasteiger charge is -2.28.